The van der Waals surface area contributed by atoms with Gasteiger partial charge in [-0.25, -0.2) is 14.2 Å². The lowest BCUT2D eigenvalue weighted by molar-refractivity contribution is 0.104. The van der Waals surface area contributed by atoms with Crippen molar-refractivity contribution in [2.75, 3.05) is 19.0 Å². The lowest BCUT2D eigenvalue weighted by atomic mass is 10.1. The quantitative estimate of drug-likeness (QED) is 0.889. The number of ether oxygens (including phenoxy) is 1. The predicted octanol–water partition coefficient (Wildman–Crippen LogP) is 2.73. The zero-order chi connectivity index (χ0) is 15.1. The summed E-state index contributed by atoms with van der Waals surface area (Å²) in [4.78, 5) is 15.5. The molecule has 2 amide bonds. The zero-order valence-corrected chi connectivity index (χ0v) is 11.5. The molecule has 0 bridgehead atoms. The van der Waals surface area contributed by atoms with Gasteiger partial charge in [0.1, 0.15) is 0 Å². The predicted molar refractivity (Wildman–Crippen MR) is 77.4 cm³/mol. The number of rotatable bonds is 5. The van der Waals surface area contributed by atoms with Crippen LogP contribution in [0.15, 0.2) is 48.7 Å². The highest BCUT2D eigenvalue weighted by molar-refractivity contribution is 5.88. The maximum absolute atomic E-state index is 13.4. The van der Waals surface area contributed by atoms with Crippen molar-refractivity contribution in [2.24, 2.45) is 0 Å². The van der Waals surface area contributed by atoms with Crippen LogP contribution in [0.1, 0.15) is 11.7 Å². The Hall–Kier alpha value is -2.47. The molecule has 1 aromatic heterocycles. The Morgan fingerprint density at radius 3 is 2.71 bits per heavy atom. The van der Waals surface area contributed by atoms with E-state index in [4.69, 9.17) is 4.74 Å². The first-order valence-electron chi connectivity index (χ1n) is 6.44. The summed E-state index contributed by atoms with van der Waals surface area (Å²) in [5, 5.41) is 4.98. The smallest absolute Gasteiger partial charge is 0.320 e. The number of pyridine rings is 1. The topological polar surface area (TPSA) is 63.2 Å². The number of aromatic nitrogens is 1. The molecule has 1 heterocycles. The van der Waals surface area contributed by atoms with E-state index in [0.29, 0.717) is 0 Å². The molecule has 0 spiro atoms. The van der Waals surface area contributed by atoms with E-state index in [9.17, 15) is 9.18 Å². The van der Waals surface area contributed by atoms with E-state index in [1.54, 1.807) is 7.11 Å². The molecule has 1 atom stereocenters. The van der Waals surface area contributed by atoms with Crippen molar-refractivity contribution in [1.82, 2.24) is 10.3 Å². The summed E-state index contributed by atoms with van der Waals surface area (Å²) in [5.74, 6) is -0.692. The van der Waals surface area contributed by atoms with E-state index >= 15 is 0 Å². The fraction of sp³-hybridized carbons (Fsp3) is 0.200. The number of halogens is 1. The number of carbonyl (C=O) groups excluding carboxylic acids is 1. The van der Waals surface area contributed by atoms with Crippen molar-refractivity contribution in [3.63, 3.8) is 0 Å². The van der Waals surface area contributed by atoms with Crippen molar-refractivity contribution >= 4 is 11.8 Å². The minimum Gasteiger partial charge on any atom is -0.375 e. The summed E-state index contributed by atoms with van der Waals surface area (Å²) in [7, 11) is 1.57. The minimum atomic E-state index is -0.584. The Morgan fingerprint density at radius 1 is 1.29 bits per heavy atom. The molecular weight excluding hydrogens is 273 g/mol. The van der Waals surface area contributed by atoms with Crippen LogP contribution in [0.2, 0.25) is 0 Å². The first-order valence-corrected chi connectivity index (χ1v) is 6.44. The maximum atomic E-state index is 13.4. The van der Waals surface area contributed by atoms with Gasteiger partial charge in [-0.3, -0.25) is 5.32 Å². The Morgan fingerprint density at radius 2 is 2.05 bits per heavy atom. The van der Waals surface area contributed by atoms with Gasteiger partial charge in [0.2, 0.25) is 0 Å². The standard InChI is InChI=1S/C15H16FN3O2/c1-21-13(11-6-3-2-4-7-11)10-18-15(20)19-14-12(16)8-5-9-17-14/h2-9,13H,10H2,1H3,(H2,17,18,19,20)/t13-/m0/s1. The summed E-state index contributed by atoms with van der Waals surface area (Å²) >= 11 is 0. The lowest BCUT2D eigenvalue weighted by Crippen LogP contribution is -2.33. The van der Waals surface area contributed by atoms with Gasteiger partial charge in [-0.1, -0.05) is 30.3 Å². The summed E-state index contributed by atoms with van der Waals surface area (Å²) in [6, 6.07) is 11.7. The van der Waals surface area contributed by atoms with Crippen LogP contribution >= 0.6 is 0 Å². The average Bonchev–Trinajstić information content (AvgIpc) is 2.51. The molecule has 6 heteroatoms. The molecule has 21 heavy (non-hydrogen) atoms. The fourth-order valence-corrected chi connectivity index (χ4v) is 1.82. The van der Waals surface area contributed by atoms with Crippen molar-refractivity contribution in [3.05, 3.63) is 60.0 Å². The molecule has 2 N–H and O–H groups in total. The summed E-state index contributed by atoms with van der Waals surface area (Å²) < 4.78 is 18.7. The SMILES string of the molecule is CO[C@@H](CNC(=O)Nc1ncccc1F)c1ccccc1. The molecular formula is C15H16FN3O2. The van der Waals surface area contributed by atoms with Crippen LogP contribution in [-0.2, 0) is 4.74 Å². The van der Waals surface area contributed by atoms with Crippen LogP contribution in [0.4, 0.5) is 15.0 Å². The van der Waals surface area contributed by atoms with Gasteiger partial charge < -0.3 is 10.1 Å². The number of carbonyl (C=O) groups is 1. The number of amides is 2. The number of nitrogens with zero attached hydrogens (tertiary/aromatic N) is 1. The van der Waals surface area contributed by atoms with Crippen LogP contribution in [0, 0.1) is 5.82 Å². The number of nitrogens with one attached hydrogen (secondary N) is 2. The van der Waals surface area contributed by atoms with Gasteiger partial charge in [0.05, 0.1) is 6.10 Å². The molecule has 0 saturated carbocycles. The molecule has 2 aromatic rings. The van der Waals surface area contributed by atoms with E-state index in [-0.39, 0.29) is 18.5 Å². The van der Waals surface area contributed by atoms with Crippen molar-refractivity contribution in [1.29, 1.82) is 0 Å². The first-order chi connectivity index (χ1) is 10.2. The number of urea groups is 1. The Balaban J connectivity index is 1.90. The van der Waals surface area contributed by atoms with Gasteiger partial charge in [-0.05, 0) is 17.7 Å². The van der Waals surface area contributed by atoms with Gasteiger partial charge in [0.25, 0.3) is 0 Å². The largest absolute Gasteiger partial charge is 0.375 e. The molecule has 0 unspecified atom stereocenters. The first kappa shape index (κ1) is 14.9. The van der Waals surface area contributed by atoms with E-state index in [1.807, 2.05) is 30.3 Å². The highest BCUT2D eigenvalue weighted by Gasteiger charge is 2.12. The minimum absolute atomic E-state index is 0.108. The molecule has 1 aromatic carbocycles. The van der Waals surface area contributed by atoms with Crippen LogP contribution < -0.4 is 10.6 Å². The second-order valence-corrected chi connectivity index (χ2v) is 4.30. The van der Waals surface area contributed by atoms with Crippen molar-refractivity contribution in [2.45, 2.75) is 6.10 Å². The Labute approximate surface area is 122 Å². The second kappa shape index (κ2) is 7.35. The number of benzene rings is 1. The van der Waals surface area contributed by atoms with Gasteiger partial charge >= 0.3 is 6.03 Å². The van der Waals surface area contributed by atoms with Gasteiger partial charge in [-0.15, -0.1) is 0 Å². The summed E-state index contributed by atoms with van der Waals surface area (Å²) in [6.07, 6.45) is 1.13. The summed E-state index contributed by atoms with van der Waals surface area (Å²) in [5.41, 5.74) is 0.948. The molecule has 2 rings (SSSR count). The molecule has 5 nitrogen and oxygen atoms in total. The molecule has 0 aliphatic rings. The third kappa shape index (κ3) is 4.25. The van der Waals surface area contributed by atoms with E-state index in [1.165, 1.54) is 18.3 Å². The van der Waals surface area contributed by atoms with Gasteiger partial charge in [-0.2, -0.15) is 0 Å². The maximum Gasteiger partial charge on any atom is 0.320 e. The van der Waals surface area contributed by atoms with Crippen LogP contribution in [0.5, 0.6) is 0 Å². The van der Waals surface area contributed by atoms with Gasteiger partial charge in [0, 0.05) is 19.9 Å². The fourth-order valence-electron chi connectivity index (χ4n) is 1.82. The highest BCUT2D eigenvalue weighted by Crippen LogP contribution is 2.15. The van der Waals surface area contributed by atoms with Crippen LogP contribution in [0.25, 0.3) is 0 Å². The summed E-state index contributed by atoms with van der Waals surface area (Å²) in [6.45, 7) is 0.265. The van der Waals surface area contributed by atoms with Gasteiger partial charge in [0.15, 0.2) is 11.6 Å². The van der Waals surface area contributed by atoms with Crippen LogP contribution in [-0.4, -0.2) is 24.7 Å². The highest BCUT2D eigenvalue weighted by atomic mass is 19.1. The number of methoxy groups -OCH3 is 1. The second-order valence-electron chi connectivity index (χ2n) is 4.30. The van der Waals surface area contributed by atoms with E-state index in [0.717, 1.165) is 5.56 Å². The molecule has 0 fully saturated rings. The third-order valence-electron chi connectivity index (χ3n) is 2.89. The molecule has 0 aliphatic heterocycles. The number of anilines is 1. The van der Waals surface area contributed by atoms with Crippen molar-refractivity contribution < 1.29 is 13.9 Å². The third-order valence-corrected chi connectivity index (χ3v) is 2.89. The Kier molecular flexibility index (Phi) is 5.22. The molecule has 0 aliphatic carbocycles. The van der Waals surface area contributed by atoms with E-state index in [2.05, 4.69) is 15.6 Å². The normalized spacial score (nSPS) is 11.7. The zero-order valence-electron chi connectivity index (χ0n) is 11.5. The molecule has 0 radical (unpaired) electrons. The number of hydrogen-bond acceptors (Lipinski definition) is 3. The average molecular weight is 289 g/mol. The van der Waals surface area contributed by atoms with E-state index < -0.39 is 11.8 Å². The molecule has 110 valence electrons. The number of hydrogen-bond donors (Lipinski definition) is 2. The van der Waals surface area contributed by atoms with Crippen LogP contribution in [0.3, 0.4) is 0 Å². The monoisotopic (exact) mass is 289 g/mol. The van der Waals surface area contributed by atoms with Crippen molar-refractivity contribution in [3.8, 4) is 0 Å². The molecule has 0 saturated heterocycles. The Bertz CT molecular complexity index is 592. The lowest BCUT2D eigenvalue weighted by Gasteiger charge is -2.16.